The second kappa shape index (κ2) is 5.45. The van der Waals surface area contributed by atoms with Crippen molar-refractivity contribution in [3.05, 3.63) is 47.5 Å². The molecule has 3 nitrogen and oxygen atoms in total. The largest absolute Gasteiger partial charge is 0.504 e. The van der Waals surface area contributed by atoms with Crippen LogP contribution in [0.3, 0.4) is 0 Å². The topological polar surface area (TPSA) is 46.5 Å². The van der Waals surface area contributed by atoms with Gasteiger partial charge in [0.1, 0.15) is 0 Å². The van der Waals surface area contributed by atoms with Crippen LogP contribution in [0.15, 0.2) is 46.2 Å². The van der Waals surface area contributed by atoms with Gasteiger partial charge in [-0.05, 0) is 30.2 Å². The normalized spacial score (nSPS) is 16.9. The lowest BCUT2D eigenvalue weighted by atomic mass is 9.88. The molecule has 2 aromatic rings. The van der Waals surface area contributed by atoms with E-state index in [-0.39, 0.29) is 17.5 Å². The maximum atomic E-state index is 12.8. The molecule has 0 saturated carbocycles. The number of ether oxygens (including phenoxy) is 1. The number of aromatic hydroxyl groups is 1. The number of phenolic OH excluding ortho intramolecular Hbond substituents is 1. The van der Waals surface area contributed by atoms with E-state index in [1.54, 1.807) is 17.8 Å². The summed E-state index contributed by atoms with van der Waals surface area (Å²) in [7, 11) is 1.51. The Hall–Kier alpha value is -1.94. The molecule has 0 radical (unpaired) electrons. The molecule has 4 heteroatoms. The van der Waals surface area contributed by atoms with E-state index in [9.17, 15) is 9.90 Å². The second-order valence-corrected chi connectivity index (χ2v) is 6.07. The molecule has 21 heavy (non-hydrogen) atoms. The fourth-order valence-corrected chi connectivity index (χ4v) is 3.85. The molecule has 0 bridgehead atoms. The fourth-order valence-electron chi connectivity index (χ4n) is 2.70. The molecule has 0 aromatic heterocycles. The molecule has 1 N–H and O–H groups in total. The standard InChI is InChI=1S/C17H16O3S/c1-3-10-11-6-4-5-7-15(11)21-16-9-14(20-2)13(18)8-12(16)17(10)19/h4-10,18H,3H2,1-2H3. The highest BCUT2D eigenvalue weighted by atomic mass is 32.2. The predicted octanol–water partition coefficient (Wildman–Crippen LogP) is 4.24. The van der Waals surface area contributed by atoms with Gasteiger partial charge in [-0.3, -0.25) is 4.79 Å². The van der Waals surface area contributed by atoms with Crippen molar-refractivity contribution in [3.8, 4) is 11.5 Å². The average molecular weight is 300 g/mol. The lowest BCUT2D eigenvalue weighted by Gasteiger charge is -2.14. The summed E-state index contributed by atoms with van der Waals surface area (Å²) in [6.45, 7) is 2.01. The van der Waals surface area contributed by atoms with Crippen molar-refractivity contribution in [2.45, 2.75) is 29.1 Å². The number of hydrogen-bond acceptors (Lipinski definition) is 4. The van der Waals surface area contributed by atoms with Gasteiger partial charge in [-0.15, -0.1) is 0 Å². The number of carbonyl (C=O) groups is 1. The summed E-state index contributed by atoms with van der Waals surface area (Å²) in [5, 5.41) is 9.97. The number of fused-ring (bicyclic) bond motifs is 2. The number of rotatable bonds is 2. The SMILES string of the molecule is CCC1C(=O)c2cc(O)c(OC)cc2Sc2ccccc21. The van der Waals surface area contributed by atoms with E-state index in [4.69, 9.17) is 4.74 Å². The minimum absolute atomic E-state index is 0.00556. The van der Waals surface area contributed by atoms with Crippen LogP contribution in [0, 0.1) is 0 Å². The van der Waals surface area contributed by atoms with Crippen LogP contribution >= 0.6 is 11.8 Å². The lowest BCUT2D eigenvalue weighted by molar-refractivity contribution is 0.0953. The van der Waals surface area contributed by atoms with Gasteiger partial charge < -0.3 is 9.84 Å². The Morgan fingerprint density at radius 3 is 2.71 bits per heavy atom. The molecule has 0 saturated heterocycles. The van der Waals surface area contributed by atoms with Gasteiger partial charge in [0.15, 0.2) is 17.3 Å². The summed E-state index contributed by atoms with van der Waals surface area (Å²) in [5.41, 5.74) is 1.63. The number of phenols is 1. The lowest BCUT2D eigenvalue weighted by Crippen LogP contribution is -2.12. The van der Waals surface area contributed by atoms with Gasteiger partial charge in [0.2, 0.25) is 0 Å². The minimum Gasteiger partial charge on any atom is -0.504 e. The van der Waals surface area contributed by atoms with Gasteiger partial charge in [0.05, 0.1) is 7.11 Å². The zero-order chi connectivity index (χ0) is 15.0. The minimum atomic E-state index is -0.164. The summed E-state index contributed by atoms with van der Waals surface area (Å²) in [4.78, 5) is 14.7. The summed E-state index contributed by atoms with van der Waals surface area (Å²) in [6.07, 6.45) is 0.739. The maximum Gasteiger partial charge on any atom is 0.171 e. The average Bonchev–Trinajstić information content (AvgIpc) is 2.61. The quantitative estimate of drug-likeness (QED) is 0.901. The Bertz CT molecular complexity index is 709. The first-order valence-corrected chi connectivity index (χ1v) is 7.69. The Kier molecular flexibility index (Phi) is 3.64. The van der Waals surface area contributed by atoms with Crippen LogP contribution in [0.5, 0.6) is 11.5 Å². The highest BCUT2D eigenvalue weighted by Crippen LogP contribution is 2.45. The second-order valence-electron chi connectivity index (χ2n) is 4.99. The smallest absolute Gasteiger partial charge is 0.171 e. The third-order valence-electron chi connectivity index (χ3n) is 3.79. The Morgan fingerprint density at radius 1 is 1.24 bits per heavy atom. The molecule has 1 aliphatic heterocycles. The van der Waals surface area contributed by atoms with Crippen molar-refractivity contribution in [1.29, 1.82) is 0 Å². The zero-order valence-corrected chi connectivity index (χ0v) is 12.7. The van der Waals surface area contributed by atoms with Crippen molar-refractivity contribution in [2.75, 3.05) is 7.11 Å². The van der Waals surface area contributed by atoms with Crippen molar-refractivity contribution < 1.29 is 14.6 Å². The van der Waals surface area contributed by atoms with Crippen LogP contribution in [-0.2, 0) is 0 Å². The van der Waals surface area contributed by atoms with Gasteiger partial charge in [-0.25, -0.2) is 0 Å². The van der Waals surface area contributed by atoms with Gasteiger partial charge in [-0.1, -0.05) is 36.9 Å². The molecule has 108 valence electrons. The third kappa shape index (κ3) is 2.29. The molecule has 0 aliphatic carbocycles. The van der Waals surface area contributed by atoms with Gasteiger partial charge in [0, 0.05) is 21.3 Å². The van der Waals surface area contributed by atoms with E-state index in [1.807, 2.05) is 31.2 Å². The van der Waals surface area contributed by atoms with Gasteiger partial charge in [-0.2, -0.15) is 0 Å². The molecule has 3 rings (SSSR count). The molecule has 1 unspecified atom stereocenters. The predicted molar refractivity (Wildman–Crippen MR) is 82.6 cm³/mol. The highest BCUT2D eigenvalue weighted by Gasteiger charge is 2.29. The Labute approximate surface area is 127 Å². The van der Waals surface area contributed by atoms with Crippen LogP contribution in [0.25, 0.3) is 0 Å². The van der Waals surface area contributed by atoms with Crippen molar-refractivity contribution in [3.63, 3.8) is 0 Å². The molecule has 2 aromatic carbocycles. The summed E-state index contributed by atoms with van der Waals surface area (Å²) in [5.74, 6) is 0.290. The monoisotopic (exact) mass is 300 g/mol. The molecule has 0 spiro atoms. The number of carbonyl (C=O) groups excluding carboxylic acids is 1. The van der Waals surface area contributed by atoms with Gasteiger partial charge in [0.25, 0.3) is 0 Å². The maximum absolute atomic E-state index is 12.8. The Morgan fingerprint density at radius 2 is 2.00 bits per heavy atom. The summed E-state index contributed by atoms with van der Waals surface area (Å²) in [6, 6.07) is 11.2. The molecular formula is C17H16O3S. The first-order chi connectivity index (χ1) is 10.2. The van der Waals surface area contributed by atoms with Crippen LogP contribution in [0.2, 0.25) is 0 Å². The molecular weight excluding hydrogens is 284 g/mol. The number of hydrogen-bond donors (Lipinski definition) is 1. The van der Waals surface area contributed by atoms with Crippen LogP contribution in [0.1, 0.15) is 35.2 Å². The number of Topliss-reactive ketones (excluding diaryl/α,β-unsaturated/α-hetero) is 1. The van der Waals surface area contributed by atoms with E-state index in [0.717, 1.165) is 21.8 Å². The fraction of sp³-hybridized carbons (Fsp3) is 0.235. The molecule has 1 heterocycles. The molecule has 1 aliphatic rings. The van der Waals surface area contributed by atoms with E-state index in [1.165, 1.54) is 13.2 Å². The summed E-state index contributed by atoms with van der Waals surface area (Å²) >= 11 is 1.55. The number of methoxy groups -OCH3 is 1. The van der Waals surface area contributed by atoms with E-state index in [2.05, 4.69) is 0 Å². The molecule has 1 atom stereocenters. The third-order valence-corrected chi connectivity index (χ3v) is 4.93. The van der Waals surface area contributed by atoms with Crippen molar-refractivity contribution in [1.82, 2.24) is 0 Å². The van der Waals surface area contributed by atoms with Crippen molar-refractivity contribution in [2.24, 2.45) is 0 Å². The van der Waals surface area contributed by atoms with E-state index < -0.39 is 0 Å². The van der Waals surface area contributed by atoms with Crippen LogP contribution in [0.4, 0.5) is 0 Å². The first-order valence-electron chi connectivity index (χ1n) is 6.87. The van der Waals surface area contributed by atoms with Gasteiger partial charge >= 0.3 is 0 Å². The zero-order valence-electron chi connectivity index (χ0n) is 11.9. The molecule has 0 fully saturated rings. The van der Waals surface area contributed by atoms with Crippen molar-refractivity contribution >= 4 is 17.5 Å². The number of ketones is 1. The number of benzene rings is 2. The first kappa shape index (κ1) is 14.0. The molecule has 0 amide bonds. The van der Waals surface area contributed by atoms with E-state index in [0.29, 0.717) is 11.3 Å². The van der Waals surface area contributed by atoms with Crippen LogP contribution in [-0.4, -0.2) is 18.0 Å². The highest BCUT2D eigenvalue weighted by molar-refractivity contribution is 7.99. The summed E-state index contributed by atoms with van der Waals surface area (Å²) < 4.78 is 5.15. The Balaban J connectivity index is 2.23. The van der Waals surface area contributed by atoms with Crippen LogP contribution < -0.4 is 4.74 Å². The van der Waals surface area contributed by atoms with E-state index >= 15 is 0 Å².